The Morgan fingerprint density at radius 1 is 1.39 bits per heavy atom. The van der Waals surface area contributed by atoms with Crippen LogP contribution < -0.4 is 5.32 Å². The van der Waals surface area contributed by atoms with Crippen molar-refractivity contribution in [2.24, 2.45) is 5.92 Å². The molecule has 0 aliphatic carbocycles. The van der Waals surface area contributed by atoms with Crippen molar-refractivity contribution in [2.75, 3.05) is 39.0 Å². The third kappa shape index (κ3) is 4.55. The smallest absolute Gasteiger partial charge is 0.229 e. The lowest BCUT2D eigenvalue weighted by Gasteiger charge is -2.19. The lowest BCUT2D eigenvalue weighted by Crippen LogP contribution is -2.34. The van der Waals surface area contributed by atoms with E-state index in [-0.39, 0.29) is 17.7 Å². The Morgan fingerprint density at radius 2 is 2.13 bits per heavy atom. The summed E-state index contributed by atoms with van der Waals surface area (Å²) in [7, 11) is 3.96. The maximum atomic E-state index is 12.4. The molecule has 1 aliphatic heterocycles. The molecule has 0 saturated carbocycles. The summed E-state index contributed by atoms with van der Waals surface area (Å²) in [6.07, 6.45) is 1.25. The molecule has 1 aromatic rings. The number of nitrogens with zero attached hydrogens (tertiary/aromatic N) is 2. The predicted octanol–water partition coefficient (Wildman–Crippen LogP) is 1.91. The quantitative estimate of drug-likeness (QED) is 0.872. The maximum Gasteiger partial charge on any atom is 0.229 e. The molecule has 1 saturated heterocycles. The van der Waals surface area contributed by atoms with Gasteiger partial charge in [-0.05, 0) is 50.7 Å². The number of hydrogen-bond acceptors (Lipinski definition) is 3. The van der Waals surface area contributed by atoms with Gasteiger partial charge in [-0.1, -0.05) is 13.0 Å². The molecule has 1 fully saturated rings. The van der Waals surface area contributed by atoms with Crippen LogP contribution in [0.3, 0.4) is 0 Å². The van der Waals surface area contributed by atoms with Crippen molar-refractivity contribution >= 4 is 17.5 Å². The SMILES string of the molecule is CCc1cc(NC(=O)C2CC(=O)N(CCN(C)C)C2)ccc1C. The fraction of sp³-hybridized carbons (Fsp3) is 0.556. The average Bonchev–Trinajstić information content (AvgIpc) is 2.88. The van der Waals surface area contributed by atoms with Gasteiger partial charge in [-0.3, -0.25) is 9.59 Å². The number of carbonyl (C=O) groups is 2. The van der Waals surface area contributed by atoms with Crippen molar-refractivity contribution in [1.82, 2.24) is 9.80 Å². The Balaban J connectivity index is 1.95. The Hall–Kier alpha value is -1.88. The number of hydrogen-bond donors (Lipinski definition) is 1. The van der Waals surface area contributed by atoms with E-state index in [1.807, 2.05) is 37.2 Å². The first-order valence-corrected chi connectivity index (χ1v) is 8.23. The lowest BCUT2D eigenvalue weighted by atomic mass is 10.0. The van der Waals surface area contributed by atoms with Crippen LogP contribution in [0.15, 0.2) is 18.2 Å². The average molecular weight is 317 g/mol. The third-order valence-electron chi connectivity index (χ3n) is 4.40. The first kappa shape index (κ1) is 17.5. The third-order valence-corrected chi connectivity index (χ3v) is 4.40. The molecule has 1 aromatic carbocycles. The van der Waals surface area contributed by atoms with E-state index in [4.69, 9.17) is 0 Å². The van der Waals surface area contributed by atoms with Gasteiger partial charge in [0.05, 0.1) is 5.92 Å². The minimum atomic E-state index is -0.254. The molecular weight excluding hydrogens is 290 g/mol. The monoisotopic (exact) mass is 317 g/mol. The Bertz CT molecular complexity index is 584. The van der Waals surface area contributed by atoms with Crippen molar-refractivity contribution in [3.8, 4) is 0 Å². The highest BCUT2D eigenvalue weighted by molar-refractivity contribution is 5.97. The molecule has 5 heteroatoms. The molecule has 1 N–H and O–H groups in total. The van der Waals surface area contributed by atoms with Gasteiger partial charge < -0.3 is 15.1 Å². The van der Waals surface area contributed by atoms with Crippen molar-refractivity contribution in [3.05, 3.63) is 29.3 Å². The Labute approximate surface area is 138 Å². The maximum absolute atomic E-state index is 12.4. The van der Waals surface area contributed by atoms with Crippen LogP contribution in [0.5, 0.6) is 0 Å². The van der Waals surface area contributed by atoms with Gasteiger partial charge in [0.25, 0.3) is 0 Å². The molecule has 1 heterocycles. The largest absolute Gasteiger partial charge is 0.341 e. The van der Waals surface area contributed by atoms with E-state index in [1.165, 1.54) is 11.1 Å². The minimum Gasteiger partial charge on any atom is -0.341 e. The molecule has 5 nitrogen and oxygen atoms in total. The van der Waals surface area contributed by atoms with E-state index in [1.54, 1.807) is 4.90 Å². The normalized spacial score (nSPS) is 17.9. The summed E-state index contributed by atoms with van der Waals surface area (Å²) in [6.45, 7) is 6.19. The van der Waals surface area contributed by atoms with Gasteiger partial charge in [0.1, 0.15) is 0 Å². The van der Waals surface area contributed by atoms with Gasteiger partial charge >= 0.3 is 0 Å². The molecule has 0 radical (unpaired) electrons. The van der Waals surface area contributed by atoms with Crippen molar-refractivity contribution in [1.29, 1.82) is 0 Å². The molecule has 2 amide bonds. The van der Waals surface area contributed by atoms with E-state index in [2.05, 4.69) is 19.2 Å². The van der Waals surface area contributed by atoms with Crippen LogP contribution in [-0.4, -0.2) is 55.3 Å². The van der Waals surface area contributed by atoms with Gasteiger partial charge in [0.15, 0.2) is 0 Å². The lowest BCUT2D eigenvalue weighted by molar-refractivity contribution is -0.128. The van der Waals surface area contributed by atoms with E-state index < -0.39 is 0 Å². The van der Waals surface area contributed by atoms with Crippen LogP contribution in [0.25, 0.3) is 0 Å². The molecule has 126 valence electrons. The molecule has 23 heavy (non-hydrogen) atoms. The number of benzene rings is 1. The zero-order chi connectivity index (χ0) is 17.0. The van der Waals surface area contributed by atoms with Gasteiger partial charge in [-0.2, -0.15) is 0 Å². The van der Waals surface area contributed by atoms with Crippen molar-refractivity contribution in [2.45, 2.75) is 26.7 Å². The predicted molar refractivity (Wildman–Crippen MR) is 92.4 cm³/mol. The second kappa shape index (κ2) is 7.59. The first-order chi connectivity index (χ1) is 10.9. The summed E-state index contributed by atoms with van der Waals surface area (Å²) in [5.74, 6) is -0.238. The summed E-state index contributed by atoms with van der Waals surface area (Å²) in [6, 6.07) is 5.97. The molecule has 0 spiro atoms. The number of nitrogens with one attached hydrogen (secondary N) is 1. The number of amides is 2. The van der Waals surface area contributed by atoms with Crippen LogP contribution in [0.4, 0.5) is 5.69 Å². The fourth-order valence-electron chi connectivity index (χ4n) is 2.86. The van der Waals surface area contributed by atoms with Crippen LogP contribution in [0.2, 0.25) is 0 Å². The summed E-state index contributed by atoms with van der Waals surface area (Å²) < 4.78 is 0. The number of carbonyl (C=O) groups excluding carboxylic acids is 2. The summed E-state index contributed by atoms with van der Waals surface area (Å²) >= 11 is 0. The number of likely N-dealkylation sites (tertiary alicyclic amines) is 1. The van der Waals surface area contributed by atoms with E-state index in [0.29, 0.717) is 19.5 Å². The second-order valence-corrected chi connectivity index (χ2v) is 6.53. The van der Waals surface area contributed by atoms with Gasteiger partial charge in [0.2, 0.25) is 11.8 Å². The van der Waals surface area contributed by atoms with E-state index in [0.717, 1.165) is 18.7 Å². The topological polar surface area (TPSA) is 52.7 Å². The van der Waals surface area contributed by atoms with Crippen molar-refractivity contribution < 1.29 is 9.59 Å². The highest BCUT2D eigenvalue weighted by Crippen LogP contribution is 2.21. The standard InChI is InChI=1S/C18H27N3O2/c1-5-14-10-16(7-6-13(14)2)19-18(23)15-11-17(22)21(12-15)9-8-20(3)4/h6-7,10,15H,5,8-9,11-12H2,1-4H3,(H,19,23). The van der Waals surface area contributed by atoms with Gasteiger partial charge in [-0.15, -0.1) is 0 Å². The van der Waals surface area contributed by atoms with Gasteiger partial charge in [0, 0.05) is 31.7 Å². The van der Waals surface area contributed by atoms with E-state index in [9.17, 15) is 9.59 Å². The molecular formula is C18H27N3O2. The molecule has 2 rings (SSSR count). The highest BCUT2D eigenvalue weighted by Gasteiger charge is 2.34. The summed E-state index contributed by atoms with van der Waals surface area (Å²) in [5, 5.41) is 2.96. The molecule has 0 bridgehead atoms. The van der Waals surface area contributed by atoms with Crippen LogP contribution >= 0.6 is 0 Å². The molecule has 1 unspecified atom stereocenters. The number of anilines is 1. The zero-order valence-corrected chi connectivity index (χ0v) is 14.6. The second-order valence-electron chi connectivity index (χ2n) is 6.53. The highest BCUT2D eigenvalue weighted by atomic mass is 16.2. The van der Waals surface area contributed by atoms with Crippen molar-refractivity contribution in [3.63, 3.8) is 0 Å². The molecule has 1 aliphatic rings. The zero-order valence-electron chi connectivity index (χ0n) is 14.6. The van der Waals surface area contributed by atoms with E-state index >= 15 is 0 Å². The molecule has 1 atom stereocenters. The number of rotatable bonds is 6. The van der Waals surface area contributed by atoms with Crippen LogP contribution in [0.1, 0.15) is 24.5 Å². The Morgan fingerprint density at radius 3 is 2.78 bits per heavy atom. The minimum absolute atomic E-state index is 0.0587. The number of aryl methyl sites for hydroxylation is 2. The van der Waals surface area contributed by atoms with Crippen LogP contribution in [0, 0.1) is 12.8 Å². The number of likely N-dealkylation sites (N-methyl/N-ethyl adjacent to an activating group) is 1. The molecule has 0 aromatic heterocycles. The summed E-state index contributed by atoms with van der Waals surface area (Å²) in [5.41, 5.74) is 3.28. The fourth-order valence-corrected chi connectivity index (χ4v) is 2.86. The van der Waals surface area contributed by atoms with Crippen LogP contribution in [-0.2, 0) is 16.0 Å². The first-order valence-electron chi connectivity index (χ1n) is 8.23. The Kier molecular flexibility index (Phi) is 5.77. The van der Waals surface area contributed by atoms with Gasteiger partial charge in [-0.25, -0.2) is 0 Å². The summed E-state index contributed by atoms with van der Waals surface area (Å²) in [4.78, 5) is 28.3.